The molecule has 0 saturated carbocycles. The van der Waals surface area contributed by atoms with Gasteiger partial charge in [-0.2, -0.15) is 0 Å². The van der Waals surface area contributed by atoms with E-state index in [9.17, 15) is 0 Å². The molecule has 1 rings (SSSR count). The van der Waals surface area contributed by atoms with Gasteiger partial charge in [0.05, 0.1) is 7.11 Å². The van der Waals surface area contributed by atoms with E-state index in [1.165, 1.54) is 19.4 Å². The molecule has 1 aromatic rings. The molecule has 1 N–H and O–H groups in total. The largest absolute Gasteiger partial charge is 0.497 e. The summed E-state index contributed by atoms with van der Waals surface area (Å²) < 4.78 is 5.14. The van der Waals surface area contributed by atoms with Gasteiger partial charge >= 0.3 is 0 Å². The van der Waals surface area contributed by atoms with Crippen LogP contribution in [0.15, 0.2) is 24.3 Å². The summed E-state index contributed by atoms with van der Waals surface area (Å²) in [5, 5.41) is 3.44. The molecular formula is C15H26N2O. The number of rotatable bonds is 9. The van der Waals surface area contributed by atoms with Crippen molar-refractivity contribution in [2.45, 2.75) is 26.7 Å². The molecule has 0 aliphatic rings. The highest BCUT2D eigenvalue weighted by Gasteiger charge is 2.00. The van der Waals surface area contributed by atoms with Crippen molar-refractivity contribution in [1.82, 2.24) is 4.90 Å². The zero-order valence-corrected chi connectivity index (χ0v) is 11.9. The van der Waals surface area contributed by atoms with E-state index in [4.69, 9.17) is 4.74 Å². The second-order valence-electron chi connectivity index (χ2n) is 4.44. The van der Waals surface area contributed by atoms with Gasteiger partial charge in [-0.25, -0.2) is 0 Å². The smallest absolute Gasteiger partial charge is 0.119 e. The van der Waals surface area contributed by atoms with E-state index in [0.29, 0.717) is 0 Å². The Morgan fingerprint density at radius 1 is 1.11 bits per heavy atom. The van der Waals surface area contributed by atoms with Crippen LogP contribution in [0.3, 0.4) is 0 Å². The van der Waals surface area contributed by atoms with Gasteiger partial charge in [0.2, 0.25) is 0 Å². The monoisotopic (exact) mass is 250 g/mol. The predicted molar refractivity (Wildman–Crippen MR) is 78.5 cm³/mol. The van der Waals surface area contributed by atoms with Crippen LogP contribution in [0.25, 0.3) is 0 Å². The minimum Gasteiger partial charge on any atom is -0.497 e. The van der Waals surface area contributed by atoms with E-state index in [-0.39, 0.29) is 0 Å². The number of likely N-dealkylation sites (N-methyl/N-ethyl adjacent to an activating group) is 1. The van der Waals surface area contributed by atoms with E-state index in [2.05, 4.69) is 36.2 Å². The van der Waals surface area contributed by atoms with Crippen LogP contribution in [0.1, 0.15) is 26.7 Å². The molecule has 0 atom stereocenters. The molecule has 0 fully saturated rings. The highest BCUT2D eigenvalue weighted by Crippen LogP contribution is 2.14. The number of unbranched alkanes of at least 4 members (excludes halogenated alkanes) is 1. The number of benzene rings is 1. The summed E-state index contributed by atoms with van der Waals surface area (Å²) in [5.41, 5.74) is 1.15. The molecular weight excluding hydrogens is 224 g/mol. The second-order valence-corrected chi connectivity index (χ2v) is 4.44. The average Bonchev–Trinajstić information content (AvgIpc) is 2.43. The number of hydrogen-bond donors (Lipinski definition) is 1. The van der Waals surface area contributed by atoms with Gasteiger partial charge in [-0.1, -0.05) is 20.3 Å². The lowest BCUT2D eigenvalue weighted by molar-refractivity contribution is 0.294. The molecule has 0 spiro atoms. The number of nitrogens with one attached hydrogen (secondary N) is 1. The van der Waals surface area contributed by atoms with Crippen molar-refractivity contribution in [2.75, 3.05) is 38.6 Å². The van der Waals surface area contributed by atoms with Crippen molar-refractivity contribution >= 4 is 5.69 Å². The first-order chi connectivity index (χ1) is 8.80. The Morgan fingerprint density at radius 2 is 1.83 bits per heavy atom. The van der Waals surface area contributed by atoms with Crippen LogP contribution < -0.4 is 10.1 Å². The van der Waals surface area contributed by atoms with Crippen molar-refractivity contribution < 1.29 is 4.74 Å². The molecule has 3 nitrogen and oxygen atoms in total. The fourth-order valence-electron chi connectivity index (χ4n) is 1.88. The van der Waals surface area contributed by atoms with E-state index >= 15 is 0 Å². The van der Waals surface area contributed by atoms with Gasteiger partial charge in [0, 0.05) is 18.8 Å². The highest BCUT2D eigenvalue weighted by atomic mass is 16.5. The third kappa shape index (κ3) is 5.41. The number of hydrogen-bond acceptors (Lipinski definition) is 3. The molecule has 3 heteroatoms. The Morgan fingerprint density at radius 3 is 2.39 bits per heavy atom. The molecule has 0 aliphatic heterocycles. The summed E-state index contributed by atoms with van der Waals surface area (Å²) in [6.07, 6.45) is 2.55. The maximum atomic E-state index is 5.14. The molecule has 0 saturated heterocycles. The van der Waals surface area contributed by atoms with Crippen molar-refractivity contribution in [3.8, 4) is 5.75 Å². The number of nitrogens with zero attached hydrogens (tertiary/aromatic N) is 1. The number of methoxy groups -OCH3 is 1. The van der Waals surface area contributed by atoms with E-state index in [0.717, 1.165) is 31.1 Å². The topological polar surface area (TPSA) is 24.5 Å². The van der Waals surface area contributed by atoms with Crippen molar-refractivity contribution in [3.63, 3.8) is 0 Å². The summed E-state index contributed by atoms with van der Waals surface area (Å²) in [7, 11) is 1.69. The normalized spacial score (nSPS) is 10.7. The van der Waals surface area contributed by atoms with Gasteiger partial charge in [0.15, 0.2) is 0 Å². The third-order valence-electron chi connectivity index (χ3n) is 3.12. The van der Waals surface area contributed by atoms with Crippen LogP contribution in [0.5, 0.6) is 5.75 Å². The zero-order chi connectivity index (χ0) is 13.2. The van der Waals surface area contributed by atoms with E-state index in [1.807, 2.05) is 12.1 Å². The first-order valence-corrected chi connectivity index (χ1v) is 6.90. The number of ether oxygens (including phenoxy) is 1. The fourth-order valence-corrected chi connectivity index (χ4v) is 1.88. The third-order valence-corrected chi connectivity index (χ3v) is 3.12. The molecule has 0 unspecified atom stereocenters. The van der Waals surface area contributed by atoms with Crippen LogP contribution in [-0.2, 0) is 0 Å². The molecule has 0 radical (unpaired) electrons. The molecule has 0 heterocycles. The number of anilines is 1. The maximum Gasteiger partial charge on any atom is 0.119 e. The fraction of sp³-hybridized carbons (Fsp3) is 0.600. The van der Waals surface area contributed by atoms with Crippen LogP contribution >= 0.6 is 0 Å². The summed E-state index contributed by atoms with van der Waals surface area (Å²) in [4.78, 5) is 2.49. The van der Waals surface area contributed by atoms with Crippen LogP contribution in [0.2, 0.25) is 0 Å². The molecule has 18 heavy (non-hydrogen) atoms. The molecule has 0 amide bonds. The van der Waals surface area contributed by atoms with Gasteiger partial charge in [0.1, 0.15) is 5.75 Å². The Balaban J connectivity index is 2.26. The van der Waals surface area contributed by atoms with Crippen molar-refractivity contribution in [2.24, 2.45) is 0 Å². The van der Waals surface area contributed by atoms with Gasteiger partial charge in [-0.3, -0.25) is 0 Å². The minimum atomic E-state index is 0.902. The van der Waals surface area contributed by atoms with Crippen LogP contribution in [-0.4, -0.2) is 38.2 Å². The molecule has 1 aromatic carbocycles. The predicted octanol–water partition coefficient (Wildman–Crippen LogP) is 3.23. The van der Waals surface area contributed by atoms with Crippen molar-refractivity contribution in [1.29, 1.82) is 0 Å². The molecule has 0 aromatic heterocycles. The SMILES string of the molecule is CCCCN(CC)CCNc1ccc(OC)cc1. The summed E-state index contributed by atoms with van der Waals surface area (Å²) in [6, 6.07) is 8.08. The minimum absolute atomic E-state index is 0.902. The van der Waals surface area contributed by atoms with E-state index in [1.54, 1.807) is 7.11 Å². The lowest BCUT2D eigenvalue weighted by Gasteiger charge is -2.20. The van der Waals surface area contributed by atoms with Crippen molar-refractivity contribution in [3.05, 3.63) is 24.3 Å². The van der Waals surface area contributed by atoms with Gasteiger partial charge in [-0.05, 0) is 43.8 Å². The van der Waals surface area contributed by atoms with Gasteiger partial charge in [-0.15, -0.1) is 0 Å². The Hall–Kier alpha value is -1.22. The lowest BCUT2D eigenvalue weighted by atomic mass is 10.3. The van der Waals surface area contributed by atoms with Crippen LogP contribution in [0.4, 0.5) is 5.69 Å². The Kier molecular flexibility index (Phi) is 7.26. The standard InChI is InChI=1S/C15H26N2O/c1-4-6-12-17(5-2)13-11-16-14-7-9-15(18-3)10-8-14/h7-10,16H,4-6,11-13H2,1-3H3. The lowest BCUT2D eigenvalue weighted by Crippen LogP contribution is -2.29. The summed E-state index contributed by atoms with van der Waals surface area (Å²) in [5.74, 6) is 0.902. The quantitative estimate of drug-likeness (QED) is 0.728. The molecule has 0 bridgehead atoms. The van der Waals surface area contributed by atoms with Gasteiger partial charge in [0.25, 0.3) is 0 Å². The summed E-state index contributed by atoms with van der Waals surface area (Å²) in [6.45, 7) is 8.89. The first-order valence-electron chi connectivity index (χ1n) is 6.90. The maximum absolute atomic E-state index is 5.14. The average molecular weight is 250 g/mol. The molecule has 0 aliphatic carbocycles. The molecule has 102 valence electrons. The first kappa shape index (κ1) is 14.8. The van der Waals surface area contributed by atoms with Crippen LogP contribution in [0, 0.1) is 0 Å². The highest BCUT2D eigenvalue weighted by molar-refractivity contribution is 5.46. The Bertz CT molecular complexity index is 311. The Labute approximate surface area is 111 Å². The zero-order valence-electron chi connectivity index (χ0n) is 11.9. The summed E-state index contributed by atoms with van der Waals surface area (Å²) >= 11 is 0. The second kappa shape index (κ2) is 8.81. The van der Waals surface area contributed by atoms with E-state index < -0.39 is 0 Å². The van der Waals surface area contributed by atoms with Gasteiger partial charge < -0.3 is 15.0 Å².